The van der Waals surface area contributed by atoms with E-state index in [9.17, 15) is 14.7 Å². The third kappa shape index (κ3) is 4.21. The van der Waals surface area contributed by atoms with Gasteiger partial charge in [-0.05, 0) is 31.4 Å². The minimum atomic E-state index is -0.833. The number of amides is 1. The lowest BCUT2D eigenvalue weighted by Gasteiger charge is -2.29. The molecule has 0 saturated heterocycles. The van der Waals surface area contributed by atoms with E-state index >= 15 is 0 Å². The Bertz CT molecular complexity index is 515. The maximum atomic E-state index is 11.9. The molecule has 2 N–H and O–H groups in total. The fraction of sp³-hybridized carbons (Fsp3) is 0.500. The molecule has 2 atom stereocenters. The minimum absolute atomic E-state index is 0.0896. The van der Waals surface area contributed by atoms with Crippen LogP contribution in [-0.4, -0.2) is 29.6 Å². The highest BCUT2D eigenvalue weighted by molar-refractivity contribution is 5.79. The Morgan fingerprint density at radius 1 is 1.29 bits per heavy atom. The standard InChI is InChI=1S/C16H21NO4/c1-11-6-2-5-9-14(11)21-10-15(18)17-13-8-4-3-7-12(13)16(19)20/h2,5-6,9,12-13H,3-4,7-8,10H2,1H3,(H,17,18)(H,19,20). The van der Waals surface area contributed by atoms with Gasteiger partial charge >= 0.3 is 5.97 Å². The number of ether oxygens (including phenoxy) is 1. The molecule has 5 heteroatoms. The van der Waals surface area contributed by atoms with Crippen molar-refractivity contribution in [2.45, 2.75) is 38.6 Å². The molecule has 1 aromatic carbocycles. The predicted octanol–water partition coefficient (Wildman–Crippen LogP) is 2.13. The Morgan fingerprint density at radius 2 is 2.00 bits per heavy atom. The molecule has 114 valence electrons. The topological polar surface area (TPSA) is 75.6 Å². The number of aliphatic carboxylic acids is 1. The normalized spacial score (nSPS) is 21.6. The first-order valence-electron chi connectivity index (χ1n) is 7.28. The molecule has 0 aliphatic heterocycles. The summed E-state index contributed by atoms with van der Waals surface area (Å²) >= 11 is 0. The highest BCUT2D eigenvalue weighted by atomic mass is 16.5. The Kier molecular flexibility index (Phi) is 5.20. The van der Waals surface area contributed by atoms with Gasteiger partial charge in [-0.25, -0.2) is 0 Å². The van der Waals surface area contributed by atoms with E-state index in [1.54, 1.807) is 0 Å². The summed E-state index contributed by atoms with van der Waals surface area (Å²) in [6.07, 6.45) is 3.20. The molecule has 0 heterocycles. The van der Waals surface area contributed by atoms with Crippen molar-refractivity contribution in [1.29, 1.82) is 0 Å². The minimum Gasteiger partial charge on any atom is -0.484 e. The maximum absolute atomic E-state index is 11.9. The lowest BCUT2D eigenvalue weighted by molar-refractivity contribution is -0.144. The second-order valence-corrected chi connectivity index (χ2v) is 5.46. The van der Waals surface area contributed by atoms with Gasteiger partial charge in [0.25, 0.3) is 5.91 Å². The number of aryl methyl sites for hydroxylation is 1. The van der Waals surface area contributed by atoms with E-state index in [1.165, 1.54) is 0 Å². The first kappa shape index (κ1) is 15.4. The van der Waals surface area contributed by atoms with Crippen molar-refractivity contribution in [3.05, 3.63) is 29.8 Å². The van der Waals surface area contributed by atoms with Gasteiger partial charge in [-0.1, -0.05) is 31.0 Å². The molecule has 1 aliphatic carbocycles. The molecule has 2 rings (SSSR count). The second-order valence-electron chi connectivity index (χ2n) is 5.46. The molecule has 0 bridgehead atoms. The number of nitrogens with one attached hydrogen (secondary N) is 1. The Morgan fingerprint density at radius 3 is 2.71 bits per heavy atom. The van der Waals surface area contributed by atoms with Gasteiger partial charge in [0.1, 0.15) is 5.75 Å². The summed E-state index contributed by atoms with van der Waals surface area (Å²) in [5.74, 6) is -0.913. The molecule has 0 aromatic heterocycles. The summed E-state index contributed by atoms with van der Waals surface area (Å²) in [6.45, 7) is 1.82. The van der Waals surface area contributed by atoms with Crippen LogP contribution in [0.25, 0.3) is 0 Å². The van der Waals surface area contributed by atoms with Gasteiger partial charge in [0.2, 0.25) is 0 Å². The zero-order chi connectivity index (χ0) is 15.2. The van der Waals surface area contributed by atoms with Crippen LogP contribution in [0.5, 0.6) is 5.75 Å². The van der Waals surface area contributed by atoms with Crippen molar-refractivity contribution < 1.29 is 19.4 Å². The summed E-state index contributed by atoms with van der Waals surface area (Å²) in [5.41, 5.74) is 0.964. The molecule has 1 aromatic rings. The van der Waals surface area contributed by atoms with Gasteiger partial charge in [-0.15, -0.1) is 0 Å². The maximum Gasteiger partial charge on any atom is 0.308 e. The van der Waals surface area contributed by atoms with Gasteiger partial charge in [-0.2, -0.15) is 0 Å². The largest absolute Gasteiger partial charge is 0.484 e. The number of benzene rings is 1. The summed E-state index contributed by atoms with van der Waals surface area (Å²) in [7, 11) is 0. The summed E-state index contributed by atoms with van der Waals surface area (Å²) in [5, 5.41) is 12.0. The average molecular weight is 291 g/mol. The lowest BCUT2D eigenvalue weighted by atomic mass is 9.84. The first-order chi connectivity index (χ1) is 10.1. The van der Waals surface area contributed by atoms with Crippen LogP contribution in [-0.2, 0) is 9.59 Å². The van der Waals surface area contributed by atoms with Crippen molar-refractivity contribution in [3.63, 3.8) is 0 Å². The third-order valence-electron chi connectivity index (χ3n) is 3.88. The number of carbonyl (C=O) groups excluding carboxylic acids is 1. The van der Waals surface area contributed by atoms with E-state index in [0.717, 1.165) is 18.4 Å². The van der Waals surface area contributed by atoms with Crippen molar-refractivity contribution in [2.75, 3.05) is 6.61 Å². The van der Waals surface area contributed by atoms with E-state index in [2.05, 4.69) is 5.32 Å². The molecular formula is C16H21NO4. The van der Waals surface area contributed by atoms with Crippen LogP contribution in [0.3, 0.4) is 0 Å². The Hall–Kier alpha value is -2.04. The van der Waals surface area contributed by atoms with Gasteiger partial charge in [0.15, 0.2) is 6.61 Å². The zero-order valence-corrected chi connectivity index (χ0v) is 12.2. The fourth-order valence-electron chi connectivity index (χ4n) is 2.71. The predicted molar refractivity (Wildman–Crippen MR) is 78.2 cm³/mol. The van der Waals surface area contributed by atoms with E-state index in [1.807, 2.05) is 31.2 Å². The highest BCUT2D eigenvalue weighted by Crippen LogP contribution is 2.24. The second kappa shape index (κ2) is 7.11. The van der Waals surface area contributed by atoms with Crippen LogP contribution < -0.4 is 10.1 Å². The molecule has 5 nitrogen and oxygen atoms in total. The van der Waals surface area contributed by atoms with Crippen LogP contribution in [0.1, 0.15) is 31.2 Å². The molecule has 1 fully saturated rings. The van der Waals surface area contributed by atoms with Crippen molar-refractivity contribution in [2.24, 2.45) is 5.92 Å². The number of carbonyl (C=O) groups is 2. The monoisotopic (exact) mass is 291 g/mol. The number of rotatable bonds is 5. The molecule has 1 aliphatic rings. The Balaban J connectivity index is 1.86. The van der Waals surface area contributed by atoms with Gasteiger partial charge in [-0.3, -0.25) is 9.59 Å². The van der Waals surface area contributed by atoms with Crippen LogP contribution >= 0.6 is 0 Å². The van der Waals surface area contributed by atoms with Crippen molar-refractivity contribution in [1.82, 2.24) is 5.32 Å². The van der Waals surface area contributed by atoms with E-state index in [0.29, 0.717) is 18.6 Å². The summed E-state index contributed by atoms with van der Waals surface area (Å²) in [6, 6.07) is 7.19. The SMILES string of the molecule is Cc1ccccc1OCC(=O)NC1CCCCC1C(=O)O. The molecular weight excluding hydrogens is 270 g/mol. The number of hydrogen-bond acceptors (Lipinski definition) is 3. The lowest BCUT2D eigenvalue weighted by Crippen LogP contribution is -2.46. The van der Waals surface area contributed by atoms with Crippen LogP contribution in [0.4, 0.5) is 0 Å². The van der Waals surface area contributed by atoms with Crippen LogP contribution in [0.2, 0.25) is 0 Å². The van der Waals surface area contributed by atoms with Crippen molar-refractivity contribution in [3.8, 4) is 5.75 Å². The van der Waals surface area contributed by atoms with Gasteiger partial charge < -0.3 is 15.2 Å². The van der Waals surface area contributed by atoms with Crippen LogP contribution in [0, 0.1) is 12.8 Å². The van der Waals surface area contributed by atoms with Gasteiger partial charge in [0.05, 0.1) is 5.92 Å². The van der Waals surface area contributed by atoms with E-state index < -0.39 is 11.9 Å². The number of hydrogen-bond donors (Lipinski definition) is 2. The number of para-hydroxylation sites is 1. The van der Waals surface area contributed by atoms with E-state index in [-0.39, 0.29) is 18.6 Å². The molecule has 21 heavy (non-hydrogen) atoms. The fourth-order valence-corrected chi connectivity index (χ4v) is 2.71. The third-order valence-corrected chi connectivity index (χ3v) is 3.88. The first-order valence-corrected chi connectivity index (χ1v) is 7.28. The number of carboxylic acid groups (broad SMARTS) is 1. The number of carboxylic acids is 1. The van der Waals surface area contributed by atoms with E-state index in [4.69, 9.17) is 4.74 Å². The molecule has 1 saturated carbocycles. The average Bonchev–Trinajstić information content (AvgIpc) is 2.47. The zero-order valence-electron chi connectivity index (χ0n) is 12.2. The molecule has 1 amide bonds. The molecule has 0 spiro atoms. The van der Waals surface area contributed by atoms with Crippen molar-refractivity contribution >= 4 is 11.9 Å². The molecule has 2 unspecified atom stereocenters. The highest BCUT2D eigenvalue weighted by Gasteiger charge is 2.31. The van der Waals surface area contributed by atoms with Gasteiger partial charge in [0, 0.05) is 6.04 Å². The molecule has 0 radical (unpaired) electrons. The smallest absolute Gasteiger partial charge is 0.308 e. The summed E-state index contributed by atoms with van der Waals surface area (Å²) < 4.78 is 5.48. The summed E-state index contributed by atoms with van der Waals surface area (Å²) in [4.78, 5) is 23.1. The van der Waals surface area contributed by atoms with Crippen LogP contribution in [0.15, 0.2) is 24.3 Å². The quantitative estimate of drug-likeness (QED) is 0.871. The Labute approximate surface area is 124 Å².